The maximum absolute atomic E-state index is 4.47. The van der Waals surface area contributed by atoms with Crippen LogP contribution in [0.4, 0.5) is 5.82 Å². The second-order valence-corrected chi connectivity index (χ2v) is 5.25. The predicted octanol–water partition coefficient (Wildman–Crippen LogP) is 1.83. The molecule has 84 valence electrons. The zero-order valence-corrected chi connectivity index (χ0v) is 9.39. The molecule has 4 rings (SSSR count). The number of hydrogen-bond donors (Lipinski definition) is 1. The van der Waals surface area contributed by atoms with E-state index in [1.807, 2.05) is 6.20 Å². The van der Waals surface area contributed by atoms with E-state index in [2.05, 4.69) is 27.3 Å². The van der Waals surface area contributed by atoms with Gasteiger partial charge in [0.15, 0.2) is 0 Å². The summed E-state index contributed by atoms with van der Waals surface area (Å²) in [5.74, 6) is 1.84. The van der Waals surface area contributed by atoms with Crippen molar-refractivity contribution >= 4 is 5.82 Å². The van der Waals surface area contributed by atoms with E-state index in [4.69, 9.17) is 0 Å². The zero-order chi connectivity index (χ0) is 10.5. The Morgan fingerprint density at radius 2 is 2.31 bits per heavy atom. The molecule has 3 aliphatic heterocycles. The van der Waals surface area contributed by atoms with Crippen molar-refractivity contribution in [1.29, 1.82) is 0 Å². The van der Waals surface area contributed by atoms with Gasteiger partial charge in [0.05, 0.1) is 0 Å². The molecule has 4 heterocycles. The number of fused-ring (bicyclic) bond motifs is 5. The van der Waals surface area contributed by atoms with Crippen LogP contribution >= 0.6 is 0 Å². The van der Waals surface area contributed by atoms with Gasteiger partial charge in [0, 0.05) is 36.3 Å². The van der Waals surface area contributed by atoms with E-state index < -0.39 is 0 Å². The Morgan fingerprint density at radius 1 is 1.31 bits per heavy atom. The first kappa shape index (κ1) is 8.99. The Labute approximate surface area is 95.9 Å². The molecule has 3 unspecified atom stereocenters. The minimum Gasteiger partial charge on any atom is -0.366 e. The molecule has 0 spiro atoms. The number of nitrogens with one attached hydrogen (secondary N) is 1. The Balaban J connectivity index is 1.77. The molecule has 1 N–H and O–H groups in total. The lowest BCUT2D eigenvalue weighted by Gasteiger charge is -2.38. The van der Waals surface area contributed by atoms with Crippen molar-refractivity contribution in [3.63, 3.8) is 0 Å². The Morgan fingerprint density at radius 3 is 3.31 bits per heavy atom. The molecule has 16 heavy (non-hydrogen) atoms. The summed E-state index contributed by atoms with van der Waals surface area (Å²) in [5, 5.41) is 3.61. The van der Waals surface area contributed by atoms with Crippen LogP contribution in [0.25, 0.3) is 0 Å². The summed E-state index contributed by atoms with van der Waals surface area (Å²) in [6.07, 6.45) is 5.92. The van der Waals surface area contributed by atoms with Gasteiger partial charge in [-0.25, -0.2) is 4.98 Å². The molecular weight excluding hydrogens is 198 g/mol. The van der Waals surface area contributed by atoms with Crippen LogP contribution in [-0.4, -0.2) is 35.1 Å². The summed E-state index contributed by atoms with van der Waals surface area (Å²) in [4.78, 5) is 7.15. The van der Waals surface area contributed by atoms with Crippen molar-refractivity contribution in [2.24, 2.45) is 0 Å². The van der Waals surface area contributed by atoms with Crippen LogP contribution in [-0.2, 0) is 0 Å². The van der Waals surface area contributed by atoms with Gasteiger partial charge in [-0.2, -0.15) is 0 Å². The lowest BCUT2D eigenvalue weighted by molar-refractivity contribution is 0.167. The zero-order valence-electron chi connectivity index (χ0n) is 9.39. The summed E-state index contributed by atoms with van der Waals surface area (Å²) in [6.45, 7) is 2.58. The van der Waals surface area contributed by atoms with Gasteiger partial charge in [0.2, 0.25) is 0 Å². The lowest BCUT2D eigenvalue weighted by atomic mass is 9.83. The first-order valence-electron chi connectivity index (χ1n) is 6.39. The van der Waals surface area contributed by atoms with Crippen molar-refractivity contribution in [2.45, 2.75) is 37.3 Å². The van der Waals surface area contributed by atoms with Crippen LogP contribution in [0.2, 0.25) is 0 Å². The highest BCUT2D eigenvalue weighted by Gasteiger charge is 2.45. The van der Waals surface area contributed by atoms with Gasteiger partial charge < -0.3 is 5.32 Å². The van der Waals surface area contributed by atoms with Gasteiger partial charge in [-0.1, -0.05) is 6.07 Å². The van der Waals surface area contributed by atoms with Crippen molar-refractivity contribution in [2.75, 3.05) is 18.4 Å². The third-order valence-electron chi connectivity index (χ3n) is 4.51. The minimum atomic E-state index is 0.643. The minimum absolute atomic E-state index is 0.643. The van der Waals surface area contributed by atoms with Crippen LogP contribution in [0.3, 0.4) is 0 Å². The number of nitrogens with zero attached hydrogens (tertiary/aromatic N) is 2. The second kappa shape index (κ2) is 3.20. The van der Waals surface area contributed by atoms with Crippen molar-refractivity contribution in [3.05, 3.63) is 23.9 Å². The van der Waals surface area contributed by atoms with Crippen LogP contribution in [0.1, 0.15) is 30.7 Å². The highest BCUT2D eigenvalue weighted by molar-refractivity contribution is 5.55. The van der Waals surface area contributed by atoms with Crippen molar-refractivity contribution < 1.29 is 0 Å². The third kappa shape index (κ3) is 1.09. The number of rotatable bonds is 0. The summed E-state index contributed by atoms with van der Waals surface area (Å²) in [5.41, 5.74) is 1.46. The van der Waals surface area contributed by atoms with E-state index in [9.17, 15) is 0 Å². The molecule has 0 radical (unpaired) electrons. The van der Waals surface area contributed by atoms with E-state index >= 15 is 0 Å². The van der Waals surface area contributed by atoms with Crippen LogP contribution < -0.4 is 5.32 Å². The van der Waals surface area contributed by atoms with E-state index in [0.29, 0.717) is 12.0 Å². The standard InChI is InChI=1S/C13H17N3/c1-3-9-12-10(15-13(9)14-6-1)5-8-16-7-2-4-11(12)16/h1,3,6,10-12H,2,4-5,7-8H2,(H,14,15). The fraction of sp³-hybridized carbons (Fsp3) is 0.615. The quantitative estimate of drug-likeness (QED) is 0.715. The molecule has 3 nitrogen and oxygen atoms in total. The van der Waals surface area contributed by atoms with Gasteiger partial charge in [0.25, 0.3) is 0 Å². The number of piperidine rings is 1. The average molecular weight is 215 g/mol. The van der Waals surface area contributed by atoms with Gasteiger partial charge in [0.1, 0.15) is 5.82 Å². The maximum Gasteiger partial charge on any atom is 0.129 e. The first-order valence-corrected chi connectivity index (χ1v) is 6.39. The largest absolute Gasteiger partial charge is 0.366 e. The van der Waals surface area contributed by atoms with E-state index in [0.717, 1.165) is 11.9 Å². The van der Waals surface area contributed by atoms with E-state index in [1.54, 1.807) is 0 Å². The molecule has 0 amide bonds. The fourth-order valence-corrected chi connectivity index (χ4v) is 3.86. The Hall–Kier alpha value is -1.09. The molecule has 3 atom stereocenters. The van der Waals surface area contributed by atoms with E-state index in [1.165, 1.54) is 37.9 Å². The number of anilines is 1. The van der Waals surface area contributed by atoms with Crippen LogP contribution in [0.15, 0.2) is 18.3 Å². The molecule has 2 saturated heterocycles. The fourth-order valence-electron chi connectivity index (χ4n) is 3.86. The van der Waals surface area contributed by atoms with Crippen LogP contribution in [0, 0.1) is 0 Å². The smallest absolute Gasteiger partial charge is 0.129 e. The molecule has 1 aromatic heterocycles. The summed E-state index contributed by atoms with van der Waals surface area (Å²) in [6, 6.07) is 5.76. The first-order chi connectivity index (χ1) is 7.93. The summed E-state index contributed by atoms with van der Waals surface area (Å²) < 4.78 is 0. The van der Waals surface area contributed by atoms with E-state index in [-0.39, 0.29) is 0 Å². The molecule has 3 aliphatic rings. The molecule has 2 fully saturated rings. The molecule has 0 saturated carbocycles. The highest BCUT2D eigenvalue weighted by atomic mass is 15.2. The SMILES string of the molecule is c1cnc2c(c1)C1C(CCN3CCCC13)N2. The second-order valence-electron chi connectivity index (χ2n) is 5.25. The lowest BCUT2D eigenvalue weighted by Crippen LogP contribution is -2.46. The Kier molecular flexibility index (Phi) is 1.80. The van der Waals surface area contributed by atoms with Crippen LogP contribution in [0.5, 0.6) is 0 Å². The summed E-state index contributed by atoms with van der Waals surface area (Å²) in [7, 11) is 0. The predicted molar refractivity (Wildman–Crippen MR) is 63.6 cm³/mol. The molecule has 3 heteroatoms. The maximum atomic E-state index is 4.47. The average Bonchev–Trinajstić information content (AvgIpc) is 2.91. The third-order valence-corrected chi connectivity index (χ3v) is 4.51. The van der Waals surface area contributed by atoms with Gasteiger partial charge >= 0.3 is 0 Å². The number of aromatic nitrogens is 1. The van der Waals surface area contributed by atoms with Crippen molar-refractivity contribution in [1.82, 2.24) is 9.88 Å². The topological polar surface area (TPSA) is 28.2 Å². The normalized spacial score (nSPS) is 36.4. The van der Waals surface area contributed by atoms with Gasteiger partial charge in [-0.15, -0.1) is 0 Å². The number of pyridine rings is 1. The molecule has 0 aromatic carbocycles. The van der Waals surface area contributed by atoms with Gasteiger partial charge in [-0.3, -0.25) is 4.90 Å². The molecular formula is C13H17N3. The highest BCUT2D eigenvalue weighted by Crippen LogP contribution is 2.45. The Bertz CT molecular complexity index is 417. The molecule has 0 bridgehead atoms. The van der Waals surface area contributed by atoms with Crippen molar-refractivity contribution in [3.8, 4) is 0 Å². The molecule has 1 aromatic rings. The molecule has 0 aliphatic carbocycles. The summed E-state index contributed by atoms with van der Waals surface area (Å²) >= 11 is 0. The number of hydrogen-bond acceptors (Lipinski definition) is 3. The van der Waals surface area contributed by atoms with Gasteiger partial charge in [-0.05, 0) is 31.9 Å². The monoisotopic (exact) mass is 215 g/mol.